The van der Waals surface area contributed by atoms with Crippen LogP contribution in [0.5, 0.6) is 0 Å². The van der Waals surface area contributed by atoms with Crippen LogP contribution in [0.4, 0.5) is 0 Å². The number of nitrogens with zero attached hydrogens (tertiary/aromatic N) is 3. The summed E-state index contributed by atoms with van der Waals surface area (Å²) in [5, 5.41) is 0.976. The predicted octanol–water partition coefficient (Wildman–Crippen LogP) is 12.7. The second kappa shape index (κ2) is 13.7. The van der Waals surface area contributed by atoms with Crippen LogP contribution < -0.4 is 0 Å². The lowest BCUT2D eigenvalue weighted by Gasteiger charge is -2.12. The number of hydrogen-bond acceptors (Lipinski definition) is 3. The molecule has 0 unspecified atom stereocenters. The smallest absolute Gasteiger partial charge is 0.160 e. The maximum Gasteiger partial charge on any atom is 0.160 e. The highest BCUT2D eigenvalue weighted by atomic mass is 14.9. The molecule has 2 heterocycles. The van der Waals surface area contributed by atoms with E-state index in [1.54, 1.807) is 0 Å². The SMILES string of the molecule is c1ccc(-c2ccc(-c3nc(-c4cccc(-c5cccc(-c6cccc(-c7cccc(-c8ccccc8)c7)c6)c5)c4)nc4ccccc34)nc2)cc1. The van der Waals surface area contributed by atoms with E-state index < -0.39 is 0 Å². The Morgan fingerprint density at radius 1 is 0.288 bits per heavy atom. The van der Waals surface area contributed by atoms with Crippen molar-refractivity contribution in [2.75, 3.05) is 0 Å². The maximum atomic E-state index is 5.13. The van der Waals surface area contributed by atoms with Crippen LogP contribution in [0, 0.1) is 0 Å². The third kappa shape index (κ3) is 6.28. The van der Waals surface area contributed by atoms with E-state index in [2.05, 4.69) is 158 Å². The first-order valence-electron chi connectivity index (χ1n) is 17.5. The molecule has 3 nitrogen and oxygen atoms in total. The van der Waals surface area contributed by atoms with Gasteiger partial charge >= 0.3 is 0 Å². The molecule has 0 spiro atoms. The highest BCUT2D eigenvalue weighted by Crippen LogP contribution is 2.34. The maximum absolute atomic E-state index is 5.13. The van der Waals surface area contributed by atoms with Gasteiger partial charge in [0.25, 0.3) is 0 Å². The Morgan fingerprint density at radius 3 is 1.23 bits per heavy atom. The van der Waals surface area contributed by atoms with E-state index in [1.165, 1.54) is 33.4 Å². The first-order chi connectivity index (χ1) is 25.7. The van der Waals surface area contributed by atoms with Gasteiger partial charge in [-0.25, -0.2) is 9.97 Å². The summed E-state index contributed by atoms with van der Waals surface area (Å²) in [7, 11) is 0. The Hall–Kier alpha value is -6.97. The van der Waals surface area contributed by atoms with Crippen molar-refractivity contribution >= 4 is 10.9 Å². The summed E-state index contributed by atoms with van der Waals surface area (Å²) in [6, 6.07) is 68.0. The number of rotatable bonds is 7. The zero-order valence-corrected chi connectivity index (χ0v) is 28.4. The third-order valence-corrected chi connectivity index (χ3v) is 9.53. The van der Waals surface area contributed by atoms with Crippen molar-refractivity contribution in [3.63, 3.8) is 0 Å². The molecule has 0 saturated heterocycles. The van der Waals surface area contributed by atoms with E-state index in [9.17, 15) is 0 Å². The molecule has 3 heteroatoms. The van der Waals surface area contributed by atoms with Crippen LogP contribution in [-0.4, -0.2) is 15.0 Å². The normalized spacial score (nSPS) is 11.1. The molecule has 7 aromatic carbocycles. The molecule has 0 saturated carbocycles. The Balaban J connectivity index is 1.04. The molecule has 0 aliphatic rings. The molecular weight excluding hydrogens is 631 g/mol. The van der Waals surface area contributed by atoms with Gasteiger partial charge in [-0.15, -0.1) is 0 Å². The number of hydrogen-bond donors (Lipinski definition) is 0. The average molecular weight is 664 g/mol. The van der Waals surface area contributed by atoms with Crippen molar-refractivity contribution < 1.29 is 0 Å². The van der Waals surface area contributed by atoms with Crippen molar-refractivity contribution in [2.24, 2.45) is 0 Å². The van der Waals surface area contributed by atoms with Crippen molar-refractivity contribution in [2.45, 2.75) is 0 Å². The predicted molar refractivity (Wildman–Crippen MR) is 215 cm³/mol. The summed E-state index contributed by atoms with van der Waals surface area (Å²) >= 11 is 0. The molecule has 52 heavy (non-hydrogen) atoms. The Kier molecular flexibility index (Phi) is 8.20. The molecule has 0 bridgehead atoms. The van der Waals surface area contributed by atoms with Crippen LogP contribution in [0.2, 0.25) is 0 Å². The zero-order valence-electron chi connectivity index (χ0n) is 28.4. The Labute approximate surface area is 303 Å². The summed E-state index contributed by atoms with van der Waals surface area (Å²) in [6.07, 6.45) is 1.92. The second-order valence-corrected chi connectivity index (χ2v) is 12.9. The van der Waals surface area contributed by atoms with Gasteiger partial charge < -0.3 is 0 Å². The molecule has 0 aliphatic heterocycles. The van der Waals surface area contributed by atoms with E-state index in [1.807, 2.05) is 42.6 Å². The lowest BCUT2D eigenvalue weighted by atomic mass is 9.94. The minimum Gasteiger partial charge on any atom is -0.254 e. The van der Waals surface area contributed by atoms with E-state index in [-0.39, 0.29) is 0 Å². The lowest BCUT2D eigenvalue weighted by Crippen LogP contribution is -1.97. The van der Waals surface area contributed by atoms with Gasteiger partial charge in [-0.05, 0) is 86.5 Å². The van der Waals surface area contributed by atoms with Crippen LogP contribution in [-0.2, 0) is 0 Å². The van der Waals surface area contributed by atoms with Crippen LogP contribution in [0.3, 0.4) is 0 Å². The van der Waals surface area contributed by atoms with E-state index >= 15 is 0 Å². The lowest BCUT2D eigenvalue weighted by molar-refractivity contribution is 1.20. The largest absolute Gasteiger partial charge is 0.254 e. The van der Waals surface area contributed by atoms with Crippen molar-refractivity contribution in [1.82, 2.24) is 15.0 Å². The molecule has 9 aromatic rings. The van der Waals surface area contributed by atoms with E-state index in [0.29, 0.717) is 5.82 Å². The summed E-state index contributed by atoms with van der Waals surface area (Å²) in [6.45, 7) is 0. The molecule has 0 aliphatic carbocycles. The molecule has 0 fully saturated rings. The minimum atomic E-state index is 0.672. The van der Waals surface area contributed by atoms with Gasteiger partial charge in [0.1, 0.15) is 5.69 Å². The molecule has 0 N–H and O–H groups in total. The fourth-order valence-corrected chi connectivity index (χ4v) is 6.84. The number of fused-ring (bicyclic) bond motifs is 1. The van der Waals surface area contributed by atoms with Gasteiger partial charge in [0.2, 0.25) is 0 Å². The first kappa shape index (κ1) is 31.0. The highest BCUT2D eigenvalue weighted by molar-refractivity contribution is 5.93. The topological polar surface area (TPSA) is 38.7 Å². The zero-order chi connectivity index (χ0) is 34.7. The van der Waals surface area contributed by atoms with Crippen molar-refractivity contribution in [3.05, 3.63) is 200 Å². The third-order valence-electron chi connectivity index (χ3n) is 9.53. The number of para-hydroxylation sites is 1. The minimum absolute atomic E-state index is 0.672. The standard InChI is InChI=1S/C49H33N3/c1-3-13-34(14-4-1)36-17-9-18-37(29-36)38-19-10-20-39(30-38)40-21-11-22-41(31-40)42-23-12-24-43(32-42)49-51-46-26-8-7-25-45(46)48(52-49)47-28-27-44(33-50-47)35-15-5-2-6-16-35/h1-33H. The van der Waals surface area contributed by atoms with Crippen LogP contribution in [0.1, 0.15) is 0 Å². The Morgan fingerprint density at radius 2 is 0.712 bits per heavy atom. The van der Waals surface area contributed by atoms with Crippen LogP contribution in [0.15, 0.2) is 200 Å². The van der Waals surface area contributed by atoms with E-state index in [0.717, 1.165) is 50.1 Å². The average Bonchev–Trinajstić information content (AvgIpc) is 3.24. The molecule has 244 valence electrons. The molecule has 9 rings (SSSR count). The summed E-state index contributed by atoms with van der Waals surface area (Å²) in [5.74, 6) is 0.672. The molecule has 2 aromatic heterocycles. The first-order valence-corrected chi connectivity index (χ1v) is 17.5. The number of pyridine rings is 1. The second-order valence-electron chi connectivity index (χ2n) is 12.9. The highest BCUT2D eigenvalue weighted by Gasteiger charge is 2.14. The molecule has 0 radical (unpaired) electrons. The number of benzene rings is 7. The summed E-state index contributed by atoms with van der Waals surface area (Å²) in [4.78, 5) is 15.0. The van der Waals surface area contributed by atoms with Crippen LogP contribution in [0.25, 0.3) is 89.3 Å². The van der Waals surface area contributed by atoms with Gasteiger partial charge in [-0.1, -0.05) is 158 Å². The quantitative estimate of drug-likeness (QED) is 0.170. The van der Waals surface area contributed by atoms with Gasteiger partial charge in [-0.2, -0.15) is 0 Å². The van der Waals surface area contributed by atoms with E-state index in [4.69, 9.17) is 15.0 Å². The van der Waals surface area contributed by atoms with Gasteiger partial charge in [0.05, 0.1) is 11.2 Å². The van der Waals surface area contributed by atoms with Crippen molar-refractivity contribution in [1.29, 1.82) is 0 Å². The van der Waals surface area contributed by atoms with Gasteiger partial charge in [0, 0.05) is 22.7 Å². The van der Waals surface area contributed by atoms with Gasteiger partial charge in [0.15, 0.2) is 5.82 Å². The van der Waals surface area contributed by atoms with Gasteiger partial charge in [-0.3, -0.25) is 4.98 Å². The fraction of sp³-hybridized carbons (Fsp3) is 0. The van der Waals surface area contributed by atoms with Crippen LogP contribution >= 0.6 is 0 Å². The fourth-order valence-electron chi connectivity index (χ4n) is 6.84. The molecule has 0 amide bonds. The Bertz CT molecular complexity index is 2670. The summed E-state index contributed by atoms with van der Waals surface area (Å²) < 4.78 is 0. The summed E-state index contributed by atoms with van der Waals surface area (Å²) in [5.41, 5.74) is 15.1. The number of aromatic nitrogens is 3. The molecular formula is C49H33N3. The molecule has 0 atom stereocenters. The van der Waals surface area contributed by atoms with Crippen molar-refractivity contribution in [3.8, 4) is 78.4 Å². The monoisotopic (exact) mass is 663 g/mol.